The van der Waals surface area contributed by atoms with Crippen molar-refractivity contribution < 1.29 is 9.59 Å². The number of benzene rings is 1. The van der Waals surface area contributed by atoms with Gasteiger partial charge in [0.25, 0.3) is 11.8 Å². The molecule has 0 spiro atoms. The van der Waals surface area contributed by atoms with Gasteiger partial charge in [-0.3, -0.25) is 14.6 Å². The monoisotopic (exact) mass is 267 g/mol. The molecule has 1 unspecified atom stereocenters. The van der Waals surface area contributed by atoms with Crippen molar-refractivity contribution in [2.24, 2.45) is 5.73 Å². The minimum absolute atomic E-state index is 0.160. The molecule has 100 valence electrons. The molecule has 1 aliphatic heterocycles. The molecule has 0 aliphatic carbocycles. The molecule has 1 aliphatic rings. The average Bonchev–Trinajstić information content (AvgIpc) is 2.72. The molecule has 2 heterocycles. The number of nitrogens with zero attached hydrogens (tertiary/aromatic N) is 2. The van der Waals surface area contributed by atoms with Gasteiger partial charge in [0.15, 0.2) is 0 Å². The predicted molar refractivity (Wildman–Crippen MR) is 74.4 cm³/mol. The van der Waals surface area contributed by atoms with E-state index in [4.69, 9.17) is 5.73 Å². The zero-order chi connectivity index (χ0) is 14.3. The number of nitrogens with two attached hydrogens (primary N) is 1. The Morgan fingerprint density at radius 1 is 1.15 bits per heavy atom. The number of fused-ring (bicyclic) bond motifs is 1. The molecule has 0 saturated carbocycles. The van der Waals surface area contributed by atoms with Crippen LogP contribution in [0.5, 0.6) is 0 Å². The van der Waals surface area contributed by atoms with E-state index < -0.39 is 0 Å². The van der Waals surface area contributed by atoms with E-state index in [0.29, 0.717) is 16.8 Å². The van der Waals surface area contributed by atoms with E-state index in [9.17, 15) is 9.59 Å². The third-order valence-corrected chi connectivity index (χ3v) is 3.34. The van der Waals surface area contributed by atoms with Crippen LogP contribution in [0, 0.1) is 0 Å². The van der Waals surface area contributed by atoms with Crippen LogP contribution in [0.2, 0.25) is 0 Å². The fourth-order valence-corrected chi connectivity index (χ4v) is 2.27. The van der Waals surface area contributed by atoms with Crippen molar-refractivity contribution in [3.8, 4) is 0 Å². The normalized spacial score (nSPS) is 15.4. The van der Waals surface area contributed by atoms with Crippen LogP contribution in [0.3, 0.4) is 0 Å². The highest BCUT2D eigenvalue weighted by atomic mass is 16.2. The van der Waals surface area contributed by atoms with Crippen molar-refractivity contribution in [2.45, 2.75) is 13.0 Å². The van der Waals surface area contributed by atoms with Crippen molar-refractivity contribution in [3.05, 3.63) is 59.4 Å². The highest BCUT2D eigenvalue weighted by Crippen LogP contribution is 2.28. The highest BCUT2D eigenvalue weighted by Gasteiger charge is 2.36. The molecule has 1 aromatic carbocycles. The van der Waals surface area contributed by atoms with Gasteiger partial charge in [-0.05, 0) is 30.7 Å². The first-order valence-electron chi connectivity index (χ1n) is 6.28. The molecule has 3 rings (SSSR count). The first-order valence-corrected chi connectivity index (χ1v) is 6.28. The summed E-state index contributed by atoms with van der Waals surface area (Å²) in [6.07, 6.45) is 2.93. The summed E-state index contributed by atoms with van der Waals surface area (Å²) in [7, 11) is 0. The molecule has 0 fully saturated rings. The second-order valence-corrected chi connectivity index (χ2v) is 4.75. The van der Waals surface area contributed by atoms with Gasteiger partial charge in [-0.25, -0.2) is 4.90 Å². The van der Waals surface area contributed by atoms with Gasteiger partial charge >= 0.3 is 0 Å². The van der Waals surface area contributed by atoms with Gasteiger partial charge in [0.2, 0.25) is 0 Å². The standard InChI is InChI=1S/C15H13N3O2/c1-9(16)10-3-2-4-11(7-10)18-14(19)12-5-6-17-8-13(12)15(18)20/h2-9H,16H2,1H3. The van der Waals surface area contributed by atoms with Gasteiger partial charge in [0.1, 0.15) is 0 Å². The third kappa shape index (κ3) is 1.80. The molecule has 20 heavy (non-hydrogen) atoms. The smallest absolute Gasteiger partial charge is 0.267 e. The fourth-order valence-electron chi connectivity index (χ4n) is 2.27. The average molecular weight is 267 g/mol. The number of carbonyl (C=O) groups excluding carboxylic acids is 2. The first-order chi connectivity index (χ1) is 9.59. The summed E-state index contributed by atoms with van der Waals surface area (Å²) in [4.78, 5) is 29.7. The molecule has 5 nitrogen and oxygen atoms in total. The van der Waals surface area contributed by atoms with E-state index in [1.165, 1.54) is 12.4 Å². The van der Waals surface area contributed by atoms with E-state index >= 15 is 0 Å². The SMILES string of the molecule is CC(N)c1cccc(N2C(=O)c3ccncc3C2=O)c1. The minimum atomic E-state index is -0.347. The Labute approximate surface area is 116 Å². The molecule has 2 N–H and O–H groups in total. The summed E-state index contributed by atoms with van der Waals surface area (Å²) in [5, 5.41) is 0. The summed E-state index contributed by atoms with van der Waals surface area (Å²) >= 11 is 0. The van der Waals surface area contributed by atoms with Gasteiger partial charge in [-0.2, -0.15) is 0 Å². The molecular weight excluding hydrogens is 254 g/mol. The Hall–Kier alpha value is -2.53. The molecule has 0 radical (unpaired) electrons. The lowest BCUT2D eigenvalue weighted by Gasteiger charge is -2.16. The molecule has 5 heteroatoms. The number of imide groups is 1. The van der Waals surface area contributed by atoms with Crippen LogP contribution in [0.25, 0.3) is 0 Å². The van der Waals surface area contributed by atoms with Crippen LogP contribution in [-0.2, 0) is 0 Å². The summed E-state index contributed by atoms with van der Waals surface area (Å²) < 4.78 is 0. The largest absolute Gasteiger partial charge is 0.324 e. The Balaban J connectivity index is 2.07. The summed E-state index contributed by atoms with van der Waals surface area (Å²) in [6, 6.07) is 8.54. The number of anilines is 1. The van der Waals surface area contributed by atoms with Crippen LogP contribution >= 0.6 is 0 Å². The van der Waals surface area contributed by atoms with Crippen molar-refractivity contribution in [3.63, 3.8) is 0 Å². The summed E-state index contributed by atoms with van der Waals surface area (Å²) in [6.45, 7) is 1.85. The van der Waals surface area contributed by atoms with Gasteiger partial charge in [0.05, 0.1) is 16.8 Å². The number of aromatic nitrogens is 1. The maximum absolute atomic E-state index is 12.3. The van der Waals surface area contributed by atoms with E-state index in [2.05, 4.69) is 4.98 Å². The molecule has 2 aromatic rings. The number of carbonyl (C=O) groups is 2. The predicted octanol–water partition coefficient (Wildman–Crippen LogP) is 1.90. The number of hydrogen-bond acceptors (Lipinski definition) is 4. The topological polar surface area (TPSA) is 76.3 Å². The van der Waals surface area contributed by atoms with Crippen LogP contribution < -0.4 is 10.6 Å². The van der Waals surface area contributed by atoms with Gasteiger partial charge in [-0.15, -0.1) is 0 Å². The second-order valence-electron chi connectivity index (χ2n) is 4.75. The lowest BCUT2D eigenvalue weighted by molar-refractivity contribution is 0.0926. The van der Waals surface area contributed by atoms with Gasteiger partial charge in [-0.1, -0.05) is 12.1 Å². The second kappa shape index (κ2) is 4.54. The van der Waals surface area contributed by atoms with Crippen molar-refractivity contribution in [2.75, 3.05) is 4.90 Å². The lowest BCUT2D eigenvalue weighted by atomic mass is 10.1. The van der Waals surface area contributed by atoms with Crippen LogP contribution in [0.4, 0.5) is 5.69 Å². The molecule has 1 aromatic heterocycles. The molecule has 0 saturated heterocycles. The summed E-state index contributed by atoms with van der Waals surface area (Å²) in [5.74, 6) is -0.672. The lowest BCUT2D eigenvalue weighted by Crippen LogP contribution is -2.29. The zero-order valence-electron chi connectivity index (χ0n) is 10.9. The third-order valence-electron chi connectivity index (χ3n) is 3.34. The summed E-state index contributed by atoms with van der Waals surface area (Å²) in [5.41, 5.74) is 7.96. The van der Waals surface area contributed by atoms with Crippen molar-refractivity contribution >= 4 is 17.5 Å². The molecule has 1 atom stereocenters. The van der Waals surface area contributed by atoms with Gasteiger partial charge < -0.3 is 5.73 Å². The molecule has 2 amide bonds. The molecule has 0 bridgehead atoms. The quantitative estimate of drug-likeness (QED) is 0.843. The maximum Gasteiger partial charge on any atom is 0.267 e. The van der Waals surface area contributed by atoms with E-state index in [1.54, 1.807) is 24.3 Å². The van der Waals surface area contributed by atoms with E-state index in [0.717, 1.165) is 10.5 Å². The first kappa shape index (κ1) is 12.5. The van der Waals surface area contributed by atoms with Crippen LogP contribution in [0.1, 0.15) is 39.2 Å². The molecular formula is C15H13N3O2. The number of hydrogen-bond donors (Lipinski definition) is 1. The van der Waals surface area contributed by atoms with Crippen LogP contribution in [-0.4, -0.2) is 16.8 Å². The van der Waals surface area contributed by atoms with Crippen molar-refractivity contribution in [1.29, 1.82) is 0 Å². The number of rotatable bonds is 2. The van der Waals surface area contributed by atoms with Crippen LogP contribution in [0.15, 0.2) is 42.7 Å². The minimum Gasteiger partial charge on any atom is -0.324 e. The fraction of sp³-hybridized carbons (Fsp3) is 0.133. The number of amides is 2. The maximum atomic E-state index is 12.3. The Kier molecular flexibility index (Phi) is 2.84. The van der Waals surface area contributed by atoms with E-state index in [1.807, 2.05) is 13.0 Å². The zero-order valence-corrected chi connectivity index (χ0v) is 10.9. The van der Waals surface area contributed by atoms with Gasteiger partial charge in [0, 0.05) is 18.4 Å². The highest BCUT2D eigenvalue weighted by molar-refractivity contribution is 6.34. The Bertz CT molecular complexity index is 675. The number of pyridine rings is 1. The Morgan fingerprint density at radius 2 is 1.90 bits per heavy atom. The van der Waals surface area contributed by atoms with E-state index in [-0.39, 0.29) is 17.9 Å². The Morgan fingerprint density at radius 3 is 2.60 bits per heavy atom. The van der Waals surface area contributed by atoms with Crippen molar-refractivity contribution in [1.82, 2.24) is 4.98 Å².